The fraction of sp³-hybridized carbons (Fsp3) is 0.682. The molecule has 34 heavy (non-hydrogen) atoms. The van der Waals surface area contributed by atoms with Gasteiger partial charge in [0.15, 0.2) is 11.5 Å². The summed E-state index contributed by atoms with van der Waals surface area (Å²) in [6.07, 6.45) is 1.57. The number of nitrogens with zero attached hydrogens (tertiary/aromatic N) is 1. The summed E-state index contributed by atoms with van der Waals surface area (Å²) in [6, 6.07) is 4.93. The van der Waals surface area contributed by atoms with Crippen molar-refractivity contribution in [3.63, 3.8) is 0 Å². The third kappa shape index (κ3) is 8.91. The average molecular weight is 505 g/mol. The Bertz CT molecular complexity index is 845. The highest BCUT2D eigenvalue weighted by molar-refractivity contribution is 7.87. The van der Waals surface area contributed by atoms with E-state index >= 15 is 0 Å². The molecule has 1 aromatic carbocycles. The van der Waals surface area contributed by atoms with Crippen molar-refractivity contribution >= 4 is 16.3 Å². The first-order valence-electron chi connectivity index (χ1n) is 11.4. The fourth-order valence-electron chi connectivity index (χ4n) is 3.16. The summed E-state index contributed by atoms with van der Waals surface area (Å²) < 4.78 is 61.3. The standard InChI is InChI=1S/C22H36N2O9S/c1-4-12-24(34(26,27)23-11-7-13-28-2)22(25)33-21-19(31-16-15-29-3)9-5-10-20(21)32-17-18-8-6-14-30-18/h5,9-10,18,23H,4,6-8,11-17H2,1-3H3. The zero-order valence-corrected chi connectivity index (χ0v) is 20.9. The SMILES string of the molecule is CCCN(C(=O)Oc1c(OCCOC)cccc1OCC1CCCO1)S(=O)(=O)NCCCOC. The predicted molar refractivity (Wildman–Crippen MR) is 125 cm³/mol. The number of carbonyl (C=O) groups is 1. The third-order valence-electron chi connectivity index (χ3n) is 4.86. The number of benzene rings is 1. The zero-order valence-electron chi connectivity index (χ0n) is 20.1. The summed E-state index contributed by atoms with van der Waals surface area (Å²) in [5, 5.41) is 0. The van der Waals surface area contributed by atoms with Gasteiger partial charge in [-0.05, 0) is 37.8 Å². The molecule has 1 amide bonds. The minimum absolute atomic E-state index is 0.00251. The largest absolute Gasteiger partial charge is 0.487 e. The van der Waals surface area contributed by atoms with E-state index < -0.39 is 16.3 Å². The van der Waals surface area contributed by atoms with E-state index in [0.717, 1.165) is 12.8 Å². The molecule has 1 aromatic rings. The van der Waals surface area contributed by atoms with E-state index in [-0.39, 0.29) is 49.7 Å². The van der Waals surface area contributed by atoms with Crippen LogP contribution in [0.15, 0.2) is 18.2 Å². The molecule has 1 fully saturated rings. The van der Waals surface area contributed by atoms with Crippen LogP contribution in [0.5, 0.6) is 17.2 Å². The van der Waals surface area contributed by atoms with Gasteiger partial charge in [0.25, 0.3) is 0 Å². The van der Waals surface area contributed by atoms with Crippen LogP contribution < -0.4 is 18.9 Å². The van der Waals surface area contributed by atoms with Crippen molar-refractivity contribution in [2.75, 3.05) is 60.3 Å². The molecule has 0 saturated carbocycles. The molecule has 1 saturated heterocycles. The lowest BCUT2D eigenvalue weighted by atomic mass is 10.2. The summed E-state index contributed by atoms with van der Waals surface area (Å²) in [5.74, 6) is 0.482. The summed E-state index contributed by atoms with van der Waals surface area (Å²) in [5.41, 5.74) is 0. The summed E-state index contributed by atoms with van der Waals surface area (Å²) in [4.78, 5) is 13.0. The maximum Gasteiger partial charge on any atom is 0.430 e. The Morgan fingerprint density at radius 3 is 2.53 bits per heavy atom. The predicted octanol–water partition coefficient (Wildman–Crippen LogP) is 2.35. The number of rotatable bonds is 16. The first kappa shape index (κ1) is 28.1. The Kier molecular flexibility index (Phi) is 12.4. The Morgan fingerprint density at radius 1 is 1.15 bits per heavy atom. The molecular formula is C22H36N2O9S. The van der Waals surface area contributed by atoms with E-state index in [2.05, 4.69) is 4.72 Å². The molecule has 1 heterocycles. The number of carbonyl (C=O) groups excluding carboxylic acids is 1. The maximum atomic E-state index is 13.0. The molecule has 11 nitrogen and oxygen atoms in total. The molecule has 1 aliphatic rings. The molecule has 0 bridgehead atoms. The number of hydrogen-bond donors (Lipinski definition) is 1. The van der Waals surface area contributed by atoms with Crippen LogP contribution >= 0.6 is 0 Å². The number of hydrogen-bond acceptors (Lipinski definition) is 9. The minimum Gasteiger partial charge on any atom is -0.487 e. The summed E-state index contributed by atoms with van der Waals surface area (Å²) >= 11 is 0. The third-order valence-corrected chi connectivity index (χ3v) is 6.34. The second kappa shape index (κ2) is 15.0. The van der Waals surface area contributed by atoms with Gasteiger partial charge in [-0.15, -0.1) is 0 Å². The number of ether oxygens (including phenoxy) is 6. The number of para-hydroxylation sites is 1. The Hall–Kier alpha value is -2.12. The highest BCUT2D eigenvalue weighted by Gasteiger charge is 2.30. The quantitative estimate of drug-likeness (QED) is 0.338. The average Bonchev–Trinajstić information content (AvgIpc) is 3.34. The van der Waals surface area contributed by atoms with Crippen LogP contribution in [0.25, 0.3) is 0 Å². The van der Waals surface area contributed by atoms with E-state index in [1.165, 1.54) is 7.11 Å². The van der Waals surface area contributed by atoms with Gasteiger partial charge in [0, 0.05) is 40.5 Å². The van der Waals surface area contributed by atoms with Crippen LogP contribution in [0.4, 0.5) is 4.79 Å². The molecule has 0 spiro atoms. The van der Waals surface area contributed by atoms with Crippen molar-refractivity contribution in [2.45, 2.75) is 38.7 Å². The topological polar surface area (TPSA) is 122 Å². The second-order valence-corrected chi connectivity index (χ2v) is 9.24. The molecule has 0 aliphatic carbocycles. The van der Waals surface area contributed by atoms with Crippen molar-refractivity contribution < 1.29 is 41.6 Å². The number of amides is 1. The van der Waals surface area contributed by atoms with E-state index in [9.17, 15) is 13.2 Å². The fourth-order valence-corrected chi connectivity index (χ4v) is 4.38. The number of methoxy groups -OCH3 is 2. The number of nitrogens with one attached hydrogen (secondary N) is 1. The molecule has 0 radical (unpaired) electrons. The van der Waals surface area contributed by atoms with Crippen molar-refractivity contribution in [1.82, 2.24) is 9.03 Å². The second-order valence-electron chi connectivity index (χ2n) is 7.56. The van der Waals surface area contributed by atoms with Gasteiger partial charge in [-0.2, -0.15) is 17.4 Å². The van der Waals surface area contributed by atoms with Crippen molar-refractivity contribution in [2.24, 2.45) is 0 Å². The highest BCUT2D eigenvalue weighted by Crippen LogP contribution is 2.38. The van der Waals surface area contributed by atoms with Gasteiger partial charge in [-0.1, -0.05) is 13.0 Å². The van der Waals surface area contributed by atoms with Crippen LogP contribution in [-0.2, 0) is 24.4 Å². The minimum atomic E-state index is -4.12. The highest BCUT2D eigenvalue weighted by atomic mass is 32.2. The molecule has 194 valence electrons. The smallest absolute Gasteiger partial charge is 0.430 e. The lowest BCUT2D eigenvalue weighted by Crippen LogP contribution is -2.46. The molecule has 1 N–H and O–H groups in total. The van der Waals surface area contributed by atoms with Crippen LogP contribution in [0.2, 0.25) is 0 Å². The van der Waals surface area contributed by atoms with Crippen molar-refractivity contribution in [3.8, 4) is 17.2 Å². The Labute approximate surface area is 201 Å². The lowest BCUT2D eigenvalue weighted by molar-refractivity contribution is 0.0666. The van der Waals surface area contributed by atoms with Crippen LogP contribution in [0.1, 0.15) is 32.6 Å². The summed E-state index contributed by atoms with van der Waals surface area (Å²) in [7, 11) is -1.06. The van der Waals surface area contributed by atoms with Crippen molar-refractivity contribution in [1.29, 1.82) is 0 Å². The van der Waals surface area contributed by atoms with E-state index in [1.807, 2.05) is 0 Å². The molecule has 1 atom stereocenters. The normalized spacial score (nSPS) is 15.8. The van der Waals surface area contributed by atoms with Gasteiger partial charge in [0.1, 0.15) is 13.2 Å². The van der Waals surface area contributed by atoms with Gasteiger partial charge in [0.05, 0.1) is 12.7 Å². The first-order valence-corrected chi connectivity index (χ1v) is 12.8. The molecule has 1 aliphatic heterocycles. The van der Waals surface area contributed by atoms with E-state index in [4.69, 9.17) is 28.4 Å². The first-order chi connectivity index (χ1) is 16.4. The molecule has 0 aromatic heterocycles. The lowest BCUT2D eigenvalue weighted by Gasteiger charge is -2.23. The Balaban J connectivity index is 2.21. The van der Waals surface area contributed by atoms with Gasteiger partial charge >= 0.3 is 16.3 Å². The molecular weight excluding hydrogens is 468 g/mol. The van der Waals surface area contributed by atoms with Crippen LogP contribution in [0.3, 0.4) is 0 Å². The van der Waals surface area contributed by atoms with E-state index in [1.54, 1.807) is 32.2 Å². The van der Waals surface area contributed by atoms with Gasteiger partial charge in [-0.3, -0.25) is 0 Å². The summed E-state index contributed by atoms with van der Waals surface area (Å²) in [6.45, 7) is 3.68. The molecule has 2 rings (SSSR count). The molecule has 1 unspecified atom stereocenters. The van der Waals surface area contributed by atoms with Gasteiger partial charge in [0.2, 0.25) is 5.75 Å². The van der Waals surface area contributed by atoms with Gasteiger partial charge in [-0.25, -0.2) is 4.79 Å². The monoisotopic (exact) mass is 504 g/mol. The van der Waals surface area contributed by atoms with E-state index in [0.29, 0.717) is 37.0 Å². The van der Waals surface area contributed by atoms with Gasteiger partial charge < -0.3 is 28.4 Å². The Morgan fingerprint density at radius 2 is 1.88 bits per heavy atom. The van der Waals surface area contributed by atoms with Crippen molar-refractivity contribution in [3.05, 3.63) is 18.2 Å². The maximum absolute atomic E-state index is 13.0. The zero-order chi connectivity index (χ0) is 24.8. The molecule has 12 heteroatoms. The van der Waals surface area contributed by atoms with Crippen LogP contribution in [-0.4, -0.2) is 85.3 Å². The van der Waals surface area contributed by atoms with Crippen LogP contribution in [0, 0.1) is 0 Å².